The third kappa shape index (κ3) is 3.80. The molecule has 0 aromatic carbocycles. The Bertz CT molecular complexity index is 864. The number of rotatable bonds is 6. The predicted octanol–water partition coefficient (Wildman–Crippen LogP) is 1.16. The monoisotopic (exact) mass is 380 g/mol. The Morgan fingerprint density at radius 3 is 2.73 bits per heavy atom. The molecule has 10 heteroatoms. The third-order valence-corrected chi connectivity index (χ3v) is 5.98. The van der Waals surface area contributed by atoms with Gasteiger partial charge in [0.15, 0.2) is 10.8 Å². The maximum absolute atomic E-state index is 12.8. The molecule has 0 N–H and O–H groups in total. The van der Waals surface area contributed by atoms with E-state index in [2.05, 4.69) is 15.0 Å². The van der Waals surface area contributed by atoms with Crippen LogP contribution < -0.4 is 9.64 Å². The van der Waals surface area contributed by atoms with Crippen LogP contribution in [-0.2, 0) is 10.0 Å². The highest BCUT2D eigenvalue weighted by molar-refractivity contribution is 7.89. The van der Waals surface area contributed by atoms with Gasteiger partial charge in [0.25, 0.3) is 10.0 Å². The van der Waals surface area contributed by atoms with Crippen LogP contribution in [0.1, 0.15) is 26.3 Å². The Labute approximate surface area is 153 Å². The summed E-state index contributed by atoms with van der Waals surface area (Å²) in [7, 11) is 0.117. The summed E-state index contributed by atoms with van der Waals surface area (Å²) in [6.45, 7) is 4.61. The van der Waals surface area contributed by atoms with Gasteiger partial charge in [-0.1, -0.05) is 0 Å². The predicted molar refractivity (Wildman–Crippen MR) is 96.8 cm³/mol. The summed E-state index contributed by atoms with van der Waals surface area (Å²) in [6.07, 6.45) is 6.63. The topological polar surface area (TPSA) is 93.5 Å². The van der Waals surface area contributed by atoms with E-state index < -0.39 is 10.0 Å². The molecule has 1 aliphatic heterocycles. The maximum atomic E-state index is 12.8. The zero-order chi connectivity index (χ0) is 18.9. The summed E-state index contributed by atoms with van der Waals surface area (Å²) in [5, 5.41) is 0.0706. The molecular formula is C16H24N6O3S. The van der Waals surface area contributed by atoms with E-state index in [-0.39, 0.29) is 23.7 Å². The molecule has 1 aliphatic rings. The van der Waals surface area contributed by atoms with Gasteiger partial charge in [0.1, 0.15) is 6.10 Å². The molecule has 1 fully saturated rings. The summed E-state index contributed by atoms with van der Waals surface area (Å²) in [6, 6.07) is 0.156. The van der Waals surface area contributed by atoms with Crippen molar-refractivity contribution >= 4 is 15.8 Å². The van der Waals surface area contributed by atoms with E-state index in [0.29, 0.717) is 24.7 Å². The quantitative estimate of drug-likeness (QED) is 0.742. The molecule has 0 bridgehead atoms. The fraction of sp³-hybridized carbons (Fsp3) is 0.562. The first kappa shape index (κ1) is 18.6. The smallest absolute Gasteiger partial charge is 0.262 e. The molecule has 0 aliphatic carbocycles. The van der Waals surface area contributed by atoms with Gasteiger partial charge >= 0.3 is 0 Å². The molecule has 2 aromatic heterocycles. The molecule has 142 valence electrons. The van der Waals surface area contributed by atoms with Crippen LogP contribution in [0.5, 0.6) is 5.88 Å². The molecule has 3 heterocycles. The van der Waals surface area contributed by atoms with Crippen LogP contribution in [0.15, 0.2) is 29.9 Å². The van der Waals surface area contributed by atoms with Gasteiger partial charge < -0.3 is 14.2 Å². The molecule has 0 radical (unpaired) electrons. The normalized spacial score (nSPS) is 18.4. The van der Waals surface area contributed by atoms with E-state index >= 15 is 0 Å². The maximum Gasteiger partial charge on any atom is 0.262 e. The zero-order valence-electron chi connectivity index (χ0n) is 15.4. The van der Waals surface area contributed by atoms with Gasteiger partial charge in [-0.25, -0.2) is 13.4 Å². The summed E-state index contributed by atoms with van der Waals surface area (Å²) >= 11 is 0. The molecule has 0 saturated carbocycles. The van der Waals surface area contributed by atoms with Crippen LogP contribution in [0.4, 0.5) is 5.82 Å². The standard InChI is InChI=1S/C16H24N6O3S/c1-12(2)21-10-16(18-11-21)26(23,24)22-6-5-13(9-22)25-15-8-17-7-14(19-15)20(3)4/h7-8,10-13H,5-6,9H2,1-4H3. The van der Waals surface area contributed by atoms with Gasteiger partial charge in [0.2, 0.25) is 5.88 Å². The lowest BCUT2D eigenvalue weighted by molar-refractivity contribution is 0.206. The highest BCUT2D eigenvalue weighted by atomic mass is 32.2. The second kappa shape index (κ2) is 7.20. The largest absolute Gasteiger partial charge is 0.472 e. The number of hydrogen-bond acceptors (Lipinski definition) is 7. The first-order valence-corrected chi connectivity index (χ1v) is 9.91. The molecule has 3 rings (SSSR count). The van der Waals surface area contributed by atoms with Crippen LogP contribution in [0.25, 0.3) is 0 Å². The summed E-state index contributed by atoms with van der Waals surface area (Å²) < 4.78 is 34.6. The van der Waals surface area contributed by atoms with E-state index in [1.54, 1.807) is 23.3 Å². The number of hydrogen-bond donors (Lipinski definition) is 0. The number of aromatic nitrogens is 4. The molecule has 1 atom stereocenters. The van der Waals surface area contributed by atoms with Gasteiger partial charge in [-0.2, -0.15) is 9.29 Å². The minimum absolute atomic E-state index is 0.0706. The highest BCUT2D eigenvalue weighted by Crippen LogP contribution is 2.23. The second-order valence-corrected chi connectivity index (χ2v) is 8.64. The van der Waals surface area contributed by atoms with Crippen molar-refractivity contribution in [1.29, 1.82) is 0 Å². The molecule has 26 heavy (non-hydrogen) atoms. The number of sulfonamides is 1. The van der Waals surface area contributed by atoms with Crippen LogP contribution in [-0.4, -0.2) is 65.5 Å². The second-order valence-electron chi connectivity index (χ2n) is 6.75. The molecule has 1 saturated heterocycles. The van der Waals surface area contributed by atoms with Crippen LogP contribution in [0.3, 0.4) is 0 Å². The van der Waals surface area contributed by atoms with Crippen LogP contribution in [0.2, 0.25) is 0 Å². The van der Waals surface area contributed by atoms with Crippen molar-refractivity contribution in [3.8, 4) is 5.88 Å². The fourth-order valence-electron chi connectivity index (χ4n) is 2.66. The average molecular weight is 380 g/mol. The van der Waals surface area contributed by atoms with Crippen LogP contribution >= 0.6 is 0 Å². The highest BCUT2D eigenvalue weighted by Gasteiger charge is 2.35. The fourth-order valence-corrected chi connectivity index (χ4v) is 4.07. The van der Waals surface area contributed by atoms with Gasteiger partial charge in [0.05, 0.1) is 25.3 Å². The minimum Gasteiger partial charge on any atom is -0.472 e. The lowest BCUT2D eigenvalue weighted by Gasteiger charge is -2.16. The van der Waals surface area contributed by atoms with E-state index in [9.17, 15) is 8.42 Å². The molecular weight excluding hydrogens is 356 g/mol. The Balaban J connectivity index is 1.68. The first-order chi connectivity index (χ1) is 12.3. The number of ether oxygens (including phenoxy) is 1. The zero-order valence-corrected chi connectivity index (χ0v) is 16.2. The van der Waals surface area contributed by atoms with E-state index in [1.807, 2.05) is 32.8 Å². The van der Waals surface area contributed by atoms with Crippen molar-refractivity contribution in [3.05, 3.63) is 24.9 Å². The van der Waals surface area contributed by atoms with Crippen molar-refractivity contribution in [2.45, 2.75) is 37.4 Å². The van der Waals surface area contributed by atoms with Crippen molar-refractivity contribution < 1.29 is 13.2 Å². The van der Waals surface area contributed by atoms with Crippen LogP contribution in [0, 0.1) is 0 Å². The third-order valence-electron chi connectivity index (χ3n) is 4.23. The number of nitrogens with zero attached hydrogens (tertiary/aromatic N) is 6. The van der Waals surface area contributed by atoms with Gasteiger partial charge in [-0.3, -0.25) is 4.98 Å². The summed E-state index contributed by atoms with van der Waals surface area (Å²) in [4.78, 5) is 14.4. The summed E-state index contributed by atoms with van der Waals surface area (Å²) in [5.41, 5.74) is 0. The van der Waals surface area contributed by atoms with E-state index in [1.165, 1.54) is 10.5 Å². The lowest BCUT2D eigenvalue weighted by Crippen LogP contribution is -2.31. The molecule has 0 spiro atoms. The van der Waals surface area contributed by atoms with Gasteiger partial charge in [-0.15, -0.1) is 0 Å². The number of anilines is 1. The molecule has 0 amide bonds. The first-order valence-electron chi connectivity index (χ1n) is 8.47. The van der Waals surface area contributed by atoms with Gasteiger partial charge in [0, 0.05) is 32.9 Å². The van der Waals surface area contributed by atoms with Crippen molar-refractivity contribution in [3.63, 3.8) is 0 Å². The Morgan fingerprint density at radius 1 is 1.31 bits per heavy atom. The van der Waals surface area contributed by atoms with Crippen molar-refractivity contribution in [2.24, 2.45) is 0 Å². The van der Waals surface area contributed by atoms with Crippen molar-refractivity contribution in [2.75, 3.05) is 32.1 Å². The lowest BCUT2D eigenvalue weighted by atomic mass is 10.3. The SMILES string of the molecule is CC(C)n1cnc(S(=O)(=O)N2CCC(Oc3cncc(N(C)C)n3)C2)c1. The van der Waals surface area contributed by atoms with E-state index in [0.717, 1.165) is 0 Å². The molecule has 9 nitrogen and oxygen atoms in total. The van der Waals surface area contributed by atoms with Gasteiger partial charge in [-0.05, 0) is 20.3 Å². The minimum atomic E-state index is -3.62. The molecule has 2 aromatic rings. The number of imidazole rings is 1. The van der Waals surface area contributed by atoms with Crippen molar-refractivity contribution in [1.82, 2.24) is 23.8 Å². The molecule has 1 unspecified atom stereocenters. The Kier molecular flexibility index (Phi) is 5.15. The average Bonchev–Trinajstić information content (AvgIpc) is 3.25. The Morgan fingerprint density at radius 2 is 2.08 bits per heavy atom. The summed E-state index contributed by atoms with van der Waals surface area (Å²) in [5.74, 6) is 1.08. The van der Waals surface area contributed by atoms with E-state index in [4.69, 9.17) is 4.74 Å². The Hall–Kier alpha value is -2.20.